The number of hydrogen-bond donors (Lipinski definition) is 0. The second-order valence-electron chi connectivity index (χ2n) is 5.08. The van der Waals surface area contributed by atoms with E-state index >= 15 is 0 Å². The second kappa shape index (κ2) is 5.76. The zero-order valence-corrected chi connectivity index (χ0v) is 12.1. The molecular weight excluding hydrogens is 282 g/mol. The normalized spacial score (nSPS) is 18.6. The van der Waals surface area contributed by atoms with Crippen molar-refractivity contribution in [3.8, 4) is 0 Å². The number of hydrogen-bond acceptors (Lipinski definition) is 4. The Hall–Kier alpha value is -1.66. The molecule has 2 rings (SSSR count). The molecule has 1 fully saturated rings. The van der Waals surface area contributed by atoms with E-state index in [-0.39, 0.29) is 16.6 Å². The number of nitro benzene ring substituents is 1. The van der Waals surface area contributed by atoms with Gasteiger partial charge in [0.15, 0.2) is 0 Å². The summed E-state index contributed by atoms with van der Waals surface area (Å²) in [5.74, 6) is -0.133. The van der Waals surface area contributed by atoms with Crippen LogP contribution in [0.5, 0.6) is 0 Å². The third-order valence-corrected chi connectivity index (χ3v) is 3.87. The molecule has 20 heavy (non-hydrogen) atoms. The molecule has 0 N–H and O–H groups in total. The van der Waals surface area contributed by atoms with Gasteiger partial charge in [-0.15, -0.1) is 0 Å². The van der Waals surface area contributed by atoms with Crippen molar-refractivity contribution in [2.24, 2.45) is 0 Å². The molecule has 0 spiro atoms. The summed E-state index contributed by atoms with van der Waals surface area (Å²) in [7, 11) is 3.97. The van der Waals surface area contributed by atoms with Crippen molar-refractivity contribution < 1.29 is 9.72 Å². The van der Waals surface area contributed by atoms with E-state index in [0.717, 1.165) is 6.42 Å². The van der Waals surface area contributed by atoms with E-state index in [1.54, 1.807) is 4.90 Å². The largest absolute Gasteiger partial charge is 0.337 e. The van der Waals surface area contributed by atoms with Crippen molar-refractivity contribution in [2.45, 2.75) is 12.5 Å². The Kier molecular flexibility index (Phi) is 4.25. The molecule has 1 aromatic rings. The Morgan fingerprint density at radius 3 is 2.70 bits per heavy atom. The maximum absolute atomic E-state index is 12.3. The van der Waals surface area contributed by atoms with Crippen LogP contribution in [0.4, 0.5) is 5.69 Å². The fraction of sp³-hybridized carbons (Fsp3) is 0.462. The SMILES string of the molecule is CN(C)C1CCN(C(=O)c2ccc([N+](=O)[O-])c(Cl)c2)C1. The molecule has 108 valence electrons. The molecule has 0 saturated carbocycles. The lowest BCUT2D eigenvalue weighted by molar-refractivity contribution is -0.384. The number of carbonyl (C=O) groups is 1. The number of benzene rings is 1. The average molecular weight is 298 g/mol. The summed E-state index contributed by atoms with van der Waals surface area (Å²) in [5.41, 5.74) is 0.204. The van der Waals surface area contributed by atoms with E-state index in [0.29, 0.717) is 24.7 Å². The van der Waals surface area contributed by atoms with Gasteiger partial charge in [0.05, 0.1) is 4.92 Å². The highest BCUT2D eigenvalue weighted by atomic mass is 35.5. The lowest BCUT2D eigenvalue weighted by Crippen LogP contribution is -2.34. The van der Waals surface area contributed by atoms with Crippen LogP contribution in [0, 0.1) is 10.1 Å². The van der Waals surface area contributed by atoms with Gasteiger partial charge in [-0.05, 0) is 32.6 Å². The van der Waals surface area contributed by atoms with E-state index in [1.165, 1.54) is 18.2 Å². The molecule has 1 heterocycles. The molecule has 1 aromatic carbocycles. The van der Waals surface area contributed by atoms with Crippen molar-refractivity contribution >= 4 is 23.2 Å². The van der Waals surface area contributed by atoms with Crippen molar-refractivity contribution in [2.75, 3.05) is 27.2 Å². The molecule has 0 bridgehead atoms. The zero-order valence-electron chi connectivity index (χ0n) is 11.4. The summed E-state index contributed by atoms with van der Waals surface area (Å²) >= 11 is 5.83. The molecule has 1 amide bonds. The third-order valence-electron chi connectivity index (χ3n) is 3.57. The van der Waals surface area contributed by atoms with E-state index in [9.17, 15) is 14.9 Å². The predicted molar refractivity (Wildman–Crippen MR) is 76.1 cm³/mol. The van der Waals surface area contributed by atoms with Gasteiger partial charge in [-0.2, -0.15) is 0 Å². The second-order valence-corrected chi connectivity index (χ2v) is 5.49. The Labute approximate surface area is 122 Å². The lowest BCUT2D eigenvalue weighted by Gasteiger charge is -2.20. The molecule has 6 nitrogen and oxygen atoms in total. The number of halogens is 1. The first-order valence-corrected chi connectivity index (χ1v) is 6.67. The van der Waals surface area contributed by atoms with Gasteiger partial charge in [0.2, 0.25) is 0 Å². The minimum atomic E-state index is -0.561. The summed E-state index contributed by atoms with van der Waals surface area (Å²) in [6, 6.07) is 4.45. The van der Waals surface area contributed by atoms with Crippen LogP contribution in [0.1, 0.15) is 16.8 Å². The van der Waals surface area contributed by atoms with Gasteiger partial charge in [-0.25, -0.2) is 0 Å². The number of nitro groups is 1. The van der Waals surface area contributed by atoms with Crippen molar-refractivity contribution in [1.82, 2.24) is 9.80 Å². The molecule has 0 aliphatic carbocycles. The average Bonchev–Trinajstić information content (AvgIpc) is 2.87. The Morgan fingerprint density at radius 2 is 2.20 bits per heavy atom. The first-order chi connectivity index (χ1) is 9.40. The van der Waals surface area contributed by atoms with Crippen LogP contribution in [0.25, 0.3) is 0 Å². The Bertz CT molecular complexity index is 548. The standard InChI is InChI=1S/C13H16ClN3O3/c1-15(2)10-5-6-16(8-10)13(18)9-3-4-12(17(19)20)11(14)7-9/h3-4,7,10H,5-6,8H2,1-2H3. The number of nitrogens with zero attached hydrogens (tertiary/aromatic N) is 3. The fourth-order valence-corrected chi connectivity index (χ4v) is 2.57. The number of likely N-dealkylation sites (N-methyl/N-ethyl adjacent to an activating group) is 1. The first-order valence-electron chi connectivity index (χ1n) is 6.30. The van der Waals surface area contributed by atoms with Crippen LogP contribution in [0.2, 0.25) is 5.02 Å². The third kappa shape index (κ3) is 2.91. The molecule has 7 heteroatoms. The van der Waals surface area contributed by atoms with Gasteiger partial charge in [-0.1, -0.05) is 11.6 Å². The minimum Gasteiger partial charge on any atom is -0.337 e. The molecule has 1 aliphatic rings. The van der Waals surface area contributed by atoms with Gasteiger partial charge in [-0.3, -0.25) is 14.9 Å². The monoisotopic (exact) mass is 297 g/mol. The molecule has 0 radical (unpaired) electrons. The van der Waals surface area contributed by atoms with Crippen LogP contribution in [-0.2, 0) is 0 Å². The van der Waals surface area contributed by atoms with Gasteiger partial charge < -0.3 is 9.80 Å². The molecule has 0 aromatic heterocycles. The summed E-state index contributed by atoms with van der Waals surface area (Å²) < 4.78 is 0. The van der Waals surface area contributed by atoms with Crippen molar-refractivity contribution in [1.29, 1.82) is 0 Å². The molecular formula is C13H16ClN3O3. The van der Waals surface area contributed by atoms with Crippen LogP contribution < -0.4 is 0 Å². The zero-order chi connectivity index (χ0) is 14.9. The highest BCUT2D eigenvalue weighted by Crippen LogP contribution is 2.26. The lowest BCUT2D eigenvalue weighted by atomic mass is 10.2. The topological polar surface area (TPSA) is 66.7 Å². The minimum absolute atomic E-state index is 0.00999. The number of amides is 1. The molecule has 1 unspecified atom stereocenters. The van der Waals surface area contributed by atoms with E-state index in [2.05, 4.69) is 4.90 Å². The highest BCUT2D eigenvalue weighted by molar-refractivity contribution is 6.33. The fourth-order valence-electron chi connectivity index (χ4n) is 2.32. The molecule has 1 atom stereocenters. The Morgan fingerprint density at radius 1 is 1.50 bits per heavy atom. The van der Waals surface area contributed by atoms with Gasteiger partial charge in [0, 0.05) is 30.8 Å². The van der Waals surface area contributed by atoms with E-state index in [4.69, 9.17) is 11.6 Å². The van der Waals surface area contributed by atoms with Crippen LogP contribution in [0.3, 0.4) is 0 Å². The van der Waals surface area contributed by atoms with Gasteiger partial charge >= 0.3 is 0 Å². The maximum atomic E-state index is 12.3. The number of rotatable bonds is 3. The number of carbonyl (C=O) groups excluding carboxylic acids is 1. The number of likely N-dealkylation sites (tertiary alicyclic amines) is 1. The van der Waals surface area contributed by atoms with E-state index < -0.39 is 4.92 Å². The van der Waals surface area contributed by atoms with Crippen LogP contribution in [-0.4, -0.2) is 53.9 Å². The quantitative estimate of drug-likeness (QED) is 0.632. The smallest absolute Gasteiger partial charge is 0.287 e. The van der Waals surface area contributed by atoms with E-state index in [1.807, 2.05) is 14.1 Å². The van der Waals surface area contributed by atoms with Crippen LogP contribution in [0.15, 0.2) is 18.2 Å². The molecule has 1 saturated heterocycles. The highest BCUT2D eigenvalue weighted by Gasteiger charge is 2.28. The van der Waals surface area contributed by atoms with Gasteiger partial charge in [0.25, 0.3) is 11.6 Å². The predicted octanol–water partition coefficient (Wildman–Crippen LogP) is 2.02. The first kappa shape index (κ1) is 14.7. The summed E-state index contributed by atoms with van der Waals surface area (Å²) in [6.45, 7) is 1.36. The van der Waals surface area contributed by atoms with Crippen molar-refractivity contribution in [3.05, 3.63) is 38.9 Å². The summed E-state index contributed by atoms with van der Waals surface area (Å²) in [6.07, 6.45) is 0.930. The molecule has 1 aliphatic heterocycles. The summed E-state index contributed by atoms with van der Waals surface area (Å²) in [5, 5.41) is 10.7. The maximum Gasteiger partial charge on any atom is 0.287 e. The van der Waals surface area contributed by atoms with Gasteiger partial charge in [0.1, 0.15) is 5.02 Å². The van der Waals surface area contributed by atoms with Crippen LogP contribution >= 0.6 is 11.6 Å². The Balaban J connectivity index is 2.14. The summed E-state index contributed by atoms with van der Waals surface area (Å²) in [4.78, 5) is 26.3. The van der Waals surface area contributed by atoms with Crippen molar-refractivity contribution in [3.63, 3.8) is 0 Å².